The number of hydrogen-bond acceptors (Lipinski definition) is 3. The van der Waals surface area contributed by atoms with E-state index in [-0.39, 0.29) is 0 Å². The first kappa shape index (κ1) is 9.46. The lowest BCUT2D eigenvalue weighted by Gasteiger charge is -2.07. The third-order valence-electron chi connectivity index (χ3n) is 1.45. The van der Waals surface area contributed by atoms with E-state index in [4.69, 9.17) is 9.26 Å². The highest BCUT2D eigenvalue weighted by molar-refractivity contribution is 7.54. The maximum Gasteiger partial charge on any atom is 0.202 e. The molecule has 0 aliphatic heterocycles. The summed E-state index contributed by atoms with van der Waals surface area (Å²) in [6, 6.07) is 7.20. The zero-order chi connectivity index (χ0) is 8.97. The molecule has 66 valence electrons. The number of benzene rings is 1. The lowest BCUT2D eigenvalue weighted by atomic mass is 10.3. The summed E-state index contributed by atoms with van der Waals surface area (Å²) in [6.07, 6.45) is 0. The molecule has 0 radical (unpaired) electrons. The molecule has 0 aliphatic rings. The van der Waals surface area contributed by atoms with Crippen LogP contribution in [0.4, 0.5) is 0 Å². The van der Waals surface area contributed by atoms with E-state index < -0.39 is 8.38 Å². The van der Waals surface area contributed by atoms with Crippen LogP contribution in [0.5, 0.6) is 5.75 Å². The van der Waals surface area contributed by atoms with Gasteiger partial charge in [0.2, 0.25) is 8.38 Å². The van der Waals surface area contributed by atoms with Gasteiger partial charge in [-0.15, -0.1) is 0 Å². The summed E-state index contributed by atoms with van der Waals surface area (Å²) in [7, 11) is 1.59. The van der Waals surface area contributed by atoms with E-state index in [0.29, 0.717) is 0 Å². The molecule has 0 amide bonds. The van der Waals surface area contributed by atoms with E-state index >= 15 is 0 Å². The molecule has 1 unspecified atom stereocenters. The molecule has 0 saturated heterocycles. The van der Waals surface area contributed by atoms with Crippen molar-refractivity contribution in [2.24, 2.45) is 0 Å². The molecule has 1 atom stereocenters. The van der Waals surface area contributed by atoms with Crippen molar-refractivity contribution in [1.82, 2.24) is 0 Å². The fourth-order valence-electron chi connectivity index (χ4n) is 0.835. The van der Waals surface area contributed by atoms with Crippen molar-refractivity contribution in [2.45, 2.75) is 0 Å². The molecule has 4 heteroatoms. The molecule has 1 aromatic carbocycles. The van der Waals surface area contributed by atoms with Gasteiger partial charge >= 0.3 is 0 Å². The SMILES string of the molecule is COc1cccc(P(O)OC)c1. The summed E-state index contributed by atoms with van der Waals surface area (Å²) < 4.78 is 9.79. The quantitative estimate of drug-likeness (QED) is 0.722. The van der Waals surface area contributed by atoms with Crippen LogP contribution in [0.2, 0.25) is 0 Å². The largest absolute Gasteiger partial charge is 0.497 e. The van der Waals surface area contributed by atoms with Crippen molar-refractivity contribution in [3.8, 4) is 5.75 Å². The Morgan fingerprint density at radius 3 is 2.67 bits per heavy atom. The molecular weight excluding hydrogens is 175 g/mol. The van der Waals surface area contributed by atoms with Crippen molar-refractivity contribution in [1.29, 1.82) is 0 Å². The second kappa shape index (κ2) is 4.41. The average molecular weight is 186 g/mol. The summed E-state index contributed by atoms with van der Waals surface area (Å²) in [5, 5.41) is 0.756. The van der Waals surface area contributed by atoms with Gasteiger partial charge in [-0.1, -0.05) is 6.07 Å². The molecule has 3 nitrogen and oxygen atoms in total. The van der Waals surface area contributed by atoms with Crippen LogP contribution in [0.1, 0.15) is 0 Å². The molecule has 1 rings (SSSR count). The minimum absolute atomic E-state index is 0.728. The molecule has 0 heterocycles. The second-order valence-electron chi connectivity index (χ2n) is 2.16. The highest BCUT2D eigenvalue weighted by Gasteiger charge is 2.06. The first-order valence-corrected chi connectivity index (χ1v) is 4.66. The Balaban J connectivity index is 2.86. The minimum atomic E-state index is -1.48. The summed E-state index contributed by atoms with van der Waals surface area (Å²) in [5.41, 5.74) is 0. The number of rotatable bonds is 3. The van der Waals surface area contributed by atoms with Gasteiger partial charge in [0, 0.05) is 12.4 Å². The van der Waals surface area contributed by atoms with Crippen LogP contribution in [-0.4, -0.2) is 19.1 Å². The smallest absolute Gasteiger partial charge is 0.202 e. The molecule has 1 N–H and O–H groups in total. The van der Waals surface area contributed by atoms with Crippen LogP contribution in [0.3, 0.4) is 0 Å². The third kappa shape index (κ3) is 2.18. The van der Waals surface area contributed by atoms with Crippen LogP contribution in [0, 0.1) is 0 Å². The number of ether oxygens (including phenoxy) is 1. The van der Waals surface area contributed by atoms with Crippen molar-refractivity contribution >= 4 is 13.7 Å². The second-order valence-corrected chi connectivity index (χ2v) is 3.58. The van der Waals surface area contributed by atoms with Gasteiger partial charge in [0.15, 0.2) is 0 Å². The van der Waals surface area contributed by atoms with Crippen LogP contribution in [0.15, 0.2) is 24.3 Å². The zero-order valence-corrected chi connectivity index (χ0v) is 7.91. The summed E-state index contributed by atoms with van der Waals surface area (Å²) in [6.45, 7) is 0. The molecule has 0 bridgehead atoms. The van der Waals surface area contributed by atoms with Crippen LogP contribution in [0.25, 0.3) is 0 Å². The molecule has 12 heavy (non-hydrogen) atoms. The molecular formula is C8H11O3P. The lowest BCUT2D eigenvalue weighted by molar-refractivity contribution is 0.399. The Hall–Kier alpha value is -0.630. The first-order valence-electron chi connectivity index (χ1n) is 3.45. The topological polar surface area (TPSA) is 38.7 Å². The molecule has 0 aromatic heterocycles. The maximum absolute atomic E-state index is 9.34. The van der Waals surface area contributed by atoms with E-state index in [1.54, 1.807) is 19.2 Å². The summed E-state index contributed by atoms with van der Waals surface area (Å²) in [5.74, 6) is 0.728. The van der Waals surface area contributed by atoms with Gasteiger partial charge in [-0.3, -0.25) is 0 Å². The maximum atomic E-state index is 9.34. The fourth-order valence-corrected chi connectivity index (χ4v) is 1.50. The fraction of sp³-hybridized carbons (Fsp3) is 0.250. The Kier molecular flexibility index (Phi) is 3.48. The van der Waals surface area contributed by atoms with Crippen LogP contribution >= 0.6 is 8.38 Å². The molecule has 0 fully saturated rings. The van der Waals surface area contributed by atoms with Crippen molar-refractivity contribution in [2.75, 3.05) is 14.2 Å². The van der Waals surface area contributed by atoms with Gasteiger partial charge in [0.25, 0.3) is 0 Å². The predicted octanol–water partition coefficient (Wildman–Crippen LogP) is 1.27. The van der Waals surface area contributed by atoms with Gasteiger partial charge in [-0.25, -0.2) is 0 Å². The van der Waals surface area contributed by atoms with Gasteiger partial charge < -0.3 is 14.2 Å². The molecule has 0 spiro atoms. The average Bonchev–Trinajstić information content (AvgIpc) is 2.17. The van der Waals surface area contributed by atoms with Crippen molar-refractivity contribution in [3.63, 3.8) is 0 Å². The zero-order valence-electron chi connectivity index (χ0n) is 7.02. The van der Waals surface area contributed by atoms with Crippen molar-refractivity contribution < 1.29 is 14.2 Å². The molecule has 0 saturated carbocycles. The van der Waals surface area contributed by atoms with Gasteiger partial charge in [0.05, 0.1) is 7.11 Å². The number of hydrogen-bond donors (Lipinski definition) is 1. The molecule has 1 aromatic rings. The summed E-state index contributed by atoms with van der Waals surface area (Å²) in [4.78, 5) is 9.34. The number of methoxy groups -OCH3 is 1. The predicted molar refractivity (Wildman–Crippen MR) is 48.8 cm³/mol. The highest BCUT2D eigenvalue weighted by Crippen LogP contribution is 2.29. The van der Waals surface area contributed by atoms with Crippen molar-refractivity contribution in [3.05, 3.63) is 24.3 Å². The molecule has 0 aliphatic carbocycles. The Morgan fingerprint density at radius 1 is 1.33 bits per heavy atom. The minimum Gasteiger partial charge on any atom is -0.497 e. The lowest BCUT2D eigenvalue weighted by Crippen LogP contribution is -2.01. The van der Waals surface area contributed by atoms with Gasteiger partial charge in [0.1, 0.15) is 5.75 Å². The van der Waals surface area contributed by atoms with E-state index in [9.17, 15) is 4.89 Å². The van der Waals surface area contributed by atoms with E-state index in [2.05, 4.69) is 0 Å². The van der Waals surface area contributed by atoms with Crippen LogP contribution in [-0.2, 0) is 4.52 Å². The Labute approximate surface area is 72.9 Å². The Morgan fingerprint density at radius 2 is 2.08 bits per heavy atom. The first-order chi connectivity index (χ1) is 5.77. The van der Waals surface area contributed by atoms with E-state index in [1.807, 2.05) is 12.1 Å². The monoisotopic (exact) mass is 186 g/mol. The normalized spacial score (nSPS) is 12.6. The van der Waals surface area contributed by atoms with E-state index in [1.165, 1.54) is 7.11 Å². The standard InChI is InChI=1S/C8H11O3P/c1-10-7-4-3-5-8(6-7)12(9)11-2/h3-6,9H,1-2H3. The highest BCUT2D eigenvalue weighted by atomic mass is 31.2. The third-order valence-corrected chi connectivity index (χ3v) is 2.51. The summed E-state index contributed by atoms with van der Waals surface area (Å²) >= 11 is 0. The van der Waals surface area contributed by atoms with Gasteiger partial charge in [-0.05, 0) is 18.2 Å². The van der Waals surface area contributed by atoms with Crippen LogP contribution < -0.4 is 10.0 Å². The Bertz CT molecular complexity index is 252. The van der Waals surface area contributed by atoms with E-state index in [0.717, 1.165) is 11.1 Å². The van der Waals surface area contributed by atoms with Gasteiger partial charge in [-0.2, -0.15) is 0 Å².